The van der Waals surface area contributed by atoms with Gasteiger partial charge in [-0.15, -0.1) is 0 Å². The molecule has 8 nitrogen and oxygen atoms in total. The minimum absolute atomic E-state index is 0.205. The van der Waals surface area contributed by atoms with Crippen molar-refractivity contribution in [2.45, 2.75) is 13.5 Å². The van der Waals surface area contributed by atoms with E-state index in [1.54, 1.807) is 25.0 Å². The van der Waals surface area contributed by atoms with Crippen molar-refractivity contribution in [3.8, 4) is 0 Å². The number of rotatable bonds is 5. The van der Waals surface area contributed by atoms with Crippen LogP contribution in [0.5, 0.6) is 0 Å². The molecule has 0 atom stereocenters. The number of nitrogens with one attached hydrogen (secondary N) is 2. The zero-order valence-corrected chi connectivity index (χ0v) is 11.4. The van der Waals surface area contributed by atoms with Crippen LogP contribution in [0, 0.1) is 0 Å². The maximum Gasteiger partial charge on any atom is 0.316 e. The van der Waals surface area contributed by atoms with Gasteiger partial charge in [0.1, 0.15) is 0 Å². The lowest BCUT2D eigenvalue weighted by Gasteiger charge is -2.11. The standard InChI is InChI=1S/C11H20N6O2/c1-4-17-7-8(12)9(15-17)10(18)13-5-6-14-11(19)16(2)3/h7H,4-6,12H2,1-3H3,(H,13,18)(H,14,19). The van der Waals surface area contributed by atoms with E-state index in [1.807, 2.05) is 6.92 Å². The lowest BCUT2D eigenvalue weighted by atomic mass is 10.3. The number of aryl methyl sites for hydroxylation is 1. The summed E-state index contributed by atoms with van der Waals surface area (Å²) in [7, 11) is 3.29. The van der Waals surface area contributed by atoms with Gasteiger partial charge in [0.05, 0.1) is 5.69 Å². The number of hydrogen-bond acceptors (Lipinski definition) is 4. The number of hydrogen-bond donors (Lipinski definition) is 3. The molecule has 8 heteroatoms. The molecule has 0 saturated heterocycles. The van der Waals surface area contributed by atoms with E-state index in [1.165, 1.54) is 4.90 Å². The van der Waals surface area contributed by atoms with Crippen molar-refractivity contribution in [2.24, 2.45) is 0 Å². The van der Waals surface area contributed by atoms with Gasteiger partial charge in [-0.2, -0.15) is 5.10 Å². The van der Waals surface area contributed by atoms with E-state index in [9.17, 15) is 9.59 Å². The molecule has 0 aliphatic rings. The van der Waals surface area contributed by atoms with E-state index in [0.29, 0.717) is 25.3 Å². The average Bonchev–Trinajstić information content (AvgIpc) is 2.75. The second kappa shape index (κ2) is 6.62. The van der Waals surface area contributed by atoms with E-state index in [2.05, 4.69) is 15.7 Å². The predicted octanol–water partition coefficient (Wildman–Crippen LogP) is -0.514. The number of nitrogen functional groups attached to an aromatic ring is 1. The van der Waals surface area contributed by atoms with Gasteiger partial charge in [0.15, 0.2) is 5.69 Å². The third-order valence-electron chi connectivity index (χ3n) is 2.42. The Labute approximate surface area is 111 Å². The van der Waals surface area contributed by atoms with Gasteiger partial charge in [-0.1, -0.05) is 0 Å². The molecular formula is C11H20N6O2. The largest absolute Gasteiger partial charge is 0.396 e. The molecule has 4 N–H and O–H groups in total. The normalized spacial score (nSPS) is 10.1. The SMILES string of the molecule is CCn1cc(N)c(C(=O)NCCNC(=O)N(C)C)n1. The molecule has 0 radical (unpaired) electrons. The van der Waals surface area contributed by atoms with Crippen LogP contribution in [0.3, 0.4) is 0 Å². The fraction of sp³-hybridized carbons (Fsp3) is 0.545. The molecule has 0 spiro atoms. The molecule has 1 aromatic heterocycles. The second-order valence-electron chi connectivity index (χ2n) is 4.17. The highest BCUT2D eigenvalue weighted by molar-refractivity contribution is 5.97. The molecule has 106 valence electrons. The van der Waals surface area contributed by atoms with Gasteiger partial charge in [0.2, 0.25) is 0 Å². The highest BCUT2D eigenvalue weighted by atomic mass is 16.2. The number of nitrogens with zero attached hydrogens (tertiary/aromatic N) is 3. The van der Waals surface area contributed by atoms with Crippen LogP contribution in [0.4, 0.5) is 10.5 Å². The van der Waals surface area contributed by atoms with Crippen LogP contribution in [0.15, 0.2) is 6.20 Å². The predicted molar refractivity (Wildman–Crippen MR) is 71.7 cm³/mol. The molecule has 0 unspecified atom stereocenters. The highest BCUT2D eigenvalue weighted by Gasteiger charge is 2.13. The van der Waals surface area contributed by atoms with Gasteiger partial charge in [-0.05, 0) is 6.92 Å². The Kier molecular flexibility index (Phi) is 5.16. The summed E-state index contributed by atoms with van der Waals surface area (Å²) in [4.78, 5) is 24.4. The van der Waals surface area contributed by atoms with E-state index in [0.717, 1.165) is 0 Å². The zero-order valence-electron chi connectivity index (χ0n) is 11.4. The number of anilines is 1. The fourth-order valence-electron chi connectivity index (χ4n) is 1.36. The topological polar surface area (TPSA) is 105 Å². The molecule has 1 rings (SSSR count). The fourth-order valence-corrected chi connectivity index (χ4v) is 1.36. The van der Waals surface area contributed by atoms with E-state index in [4.69, 9.17) is 5.73 Å². The van der Waals surface area contributed by atoms with Gasteiger partial charge in [-0.3, -0.25) is 9.48 Å². The average molecular weight is 268 g/mol. The summed E-state index contributed by atoms with van der Waals surface area (Å²) < 4.78 is 1.60. The summed E-state index contributed by atoms with van der Waals surface area (Å²) >= 11 is 0. The molecule has 1 aromatic rings. The smallest absolute Gasteiger partial charge is 0.316 e. The van der Waals surface area contributed by atoms with Gasteiger partial charge < -0.3 is 21.3 Å². The Bertz CT molecular complexity index is 454. The van der Waals surface area contributed by atoms with Crippen LogP contribution in [0.25, 0.3) is 0 Å². The summed E-state index contributed by atoms with van der Waals surface area (Å²) in [5.74, 6) is -0.344. The summed E-state index contributed by atoms with van der Waals surface area (Å²) in [6.45, 7) is 3.22. The number of carbonyl (C=O) groups is 2. The van der Waals surface area contributed by atoms with E-state index >= 15 is 0 Å². The first-order valence-electron chi connectivity index (χ1n) is 6.02. The molecule has 3 amide bonds. The maximum absolute atomic E-state index is 11.8. The molecule has 0 aliphatic heterocycles. The number of nitrogens with two attached hydrogens (primary N) is 1. The second-order valence-corrected chi connectivity index (χ2v) is 4.17. The lowest BCUT2D eigenvalue weighted by molar-refractivity contribution is 0.0948. The van der Waals surface area contributed by atoms with E-state index in [-0.39, 0.29) is 17.6 Å². The summed E-state index contributed by atoms with van der Waals surface area (Å²) in [6, 6.07) is -0.205. The van der Waals surface area contributed by atoms with Crippen molar-refractivity contribution in [1.29, 1.82) is 0 Å². The number of carbonyl (C=O) groups excluding carboxylic acids is 2. The summed E-state index contributed by atoms with van der Waals surface area (Å²) in [5, 5.41) is 9.33. The van der Waals surface area contributed by atoms with Gasteiger partial charge in [-0.25, -0.2) is 4.79 Å². The summed E-state index contributed by atoms with van der Waals surface area (Å²) in [5.41, 5.74) is 6.24. The molecule has 0 bridgehead atoms. The van der Waals surface area contributed by atoms with Crippen molar-refractivity contribution in [3.63, 3.8) is 0 Å². The molecule has 0 aliphatic carbocycles. The molecular weight excluding hydrogens is 248 g/mol. The third-order valence-corrected chi connectivity index (χ3v) is 2.42. The monoisotopic (exact) mass is 268 g/mol. The van der Waals surface area contributed by atoms with Crippen LogP contribution in [-0.4, -0.2) is 53.8 Å². The minimum Gasteiger partial charge on any atom is -0.396 e. The summed E-state index contributed by atoms with van der Waals surface area (Å²) in [6.07, 6.45) is 1.61. The van der Waals surface area contributed by atoms with Gasteiger partial charge >= 0.3 is 6.03 Å². The van der Waals surface area contributed by atoms with Crippen LogP contribution >= 0.6 is 0 Å². The minimum atomic E-state index is -0.344. The first kappa shape index (κ1) is 14.8. The van der Waals surface area contributed by atoms with Crippen molar-refractivity contribution < 1.29 is 9.59 Å². The third kappa shape index (κ3) is 4.16. The van der Waals surface area contributed by atoms with Crippen LogP contribution in [-0.2, 0) is 6.54 Å². The number of aromatic nitrogens is 2. The van der Waals surface area contributed by atoms with Crippen LogP contribution in [0.1, 0.15) is 17.4 Å². The number of urea groups is 1. The zero-order chi connectivity index (χ0) is 14.4. The Morgan fingerprint density at radius 3 is 2.53 bits per heavy atom. The van der Waals surface area contributed by atoms with Crippen molar-refractivity contribution >= 4 is 17.6 Å². The number of amides is 3. The van der Waals surface area contributed by atoms with Crippen LogP contribution < -0.4 is 16.4 Å². The van der Waals surface area contributed by atoms with Gasteiger partial charge in [0, 0.05) is 39.9 Å². The van der Waals surface area contributed by atoms with Crippen molar-refractivity contribution in [3.05, 3.63) is 11.9 Å². The Hall–Kier alpha value is -2.25. The molecule has 0 fully saturated rings. The Balaban J connectivity index is 2.39. The Morgan fingerprint density at radius 1 is 1.37 bits per heavy atom. The van der Waals surface area contributed by atoms with Crippen molar-refractivity contribution in [1.82, 2.24) is 25.3 Å². The van der Waals surface area contributed by atoms with Gasteiger partial charge in [0.25, 0.3) is 5.91 Å². The lowest BCUT2D eigenvalue weighted by Crippen LogP contribution is -2.39. The van der Waals surface area contributed by atoms with Crippen molar-refractivity contribution in [2.75, 3.05) is 32.9 Å². The maximum atomic E-state index is 11.8. The molecule has 19 heavy (non-hydrogen) atoms. The molecule has 1 heterocycles. The first-order chi connectivity index (χ1) is 8.95. The highest BCUT2D eigenvalue weighted by Crippen LogP contribution is 2.08. The first-order valence-corrected chi connectivity index (χ1v) is 6.02. The molecule has 0 saturated carbocycles. The van der Waals surface area contributed by atoms with E-state index < -0.39 is 0 Å². The van der Waals surface area contributed by atoms with Crippen LogP contribution in [0.2, 0.25) is 0 Å². The molecule has 0 aromatic carbocycles. The quantitative estimate of drug-likeness (QED) is 0.625. The Morgan fingerprint density at radius 2 is 2.00 bits per heavy atom.